The first kappa shape index (κ1) is 11.9. The molecule has 0 saturated heterocycles. The van der Waals surface area contributed by atoms with E-state index in [-0.39, 0.29) is 16.7 Å². The lowest BCUT2D eigenvalue weighted by atomic mass is 10.3. The molecule has 1 aromatic heterocycles. The number of anilines is 1. The molecular formula is C9H8BrF2N5. The van der Waals surface area contributed by atoms with Crippen molar-refractivity contribution in [3.05, 3.63) is 34.1 Å². The van der Waals surface area contributed by atoms with Gasteiger partial charge in [-0.3, -0.25) is 0 Å². The predicted molar refractivity (Wildman–Crippen MR) is 60.2 cm³/mol. The van der Waals surface area contributed by atoms with E-state index in [0.717, 1.165) is 6.07 Å². The molecule has 0 atom stereocenters. The highest BCUT2D eigenvalue weighted by molar-refractivity contribution is 9.10. The fourth-order valence-corrected chi connectivity index (χ4v) is 1.57. The zero-order valence-corrected chi connectivity index (χ0v) is 10.4. The lowest BCUT2D eigenvalue weighted by molar-refractivity contribution is 0.580. The monoisotopic (exact) mass is 303 g/mol. The van der Waals surface area contributed by atoms with Crippen molar-refractivity contribution in [3.63, 3.8) is 0 Å². The van der Waals surface area contributed by atoms with Crippen molar-refractivity contribution < 1.29 is 8.78 Å². The van der Waals surface area contributed by atoms with E-state index in [1.165, 1.54) is 10.9 Å². The lowest BCUT2D eigenvalue weighted by Gasteiger charge is -2.06. The molecule has 0 unspecified atom stereocenters. The average Bonchev–Trinajstić information content (AvgIpc) is 2.68. The minimum atomic E-state index is -0.672. The highest BCUT2D eigenvalue weighted by Gasteiger charge is 2.09. The Balaban J connectivity index is 2.11. The summed E-state index contributed by atoms with van der Waals surface area (Å²) in [4.78, 5) is 1.30. The number of nitrogens with zero attached hydrogens (tertiary/aromatic N) is 4. The van der Waals surface area contributed by atoms with Crippen LogP contribution in [-0.4, -0.2) is 20.2 Å². The number of nitrogens with one attached hydrogen (secondary N) is 1. The predicted octanol–water partition coefficient (Wildman–Crippen LogP) is 1.86. The normalized spacial score (nSPS) is 10.6. The Bertz CT molecular complexity index is 542. The van der Waals surface area contributed by atoms with E-state index in [1.807, 2.05) is 0 Å². The number of hydrogen-bond acceptors (Lipinski definition) is 4. The number of aromatic nitrogens is 4. The Morgan fingerprint density at radius 3 is 2.76 bits per heavy atom. The Hall–Kier alpha value is -1.57. The van der Waals surface area contributed by atoms with Crippen LogP contribution in [0.25, 0.3) is 0 Å². The summed E-state index contributed by atoms with van der Waals surface area (Å²) < 4.78 is 26.5. The maximum atomic E-state index is 13.4. The standard InChI is InChI=1S/C9H8BrF2N5/c1-17-15-9(14-16-17)4-13-8-2-5(10)6(11)3-7(8)12/h2-3,13H,4H2,1H3. The van der Waals surface area contributed by atoms with Gasteiger partial charge >= 0.3 is 0 Å². The van der Waals surface area contributed by atoms with Crippen molar-refractivity contribution >= 4 is 21.6 Å². The molecule has 8 heteroatoms. The number of tetrazole rings is 1. The first-order valence-corrected chi connectivity index (χ1v) is 5.47. The second-order valence-corrected chi connectivity index (χ2v) is 4.15. The fourth-order valence-electron chi connectivity index (χ4n) is 1.23. The largest absolute Gasteiger partial charge is 0.375 e. The van der Waals surface area contributed by atoms with E-state index >= 15 is 0 Å². The second kappa shape index (κ2) is 4.74. The third-order valence-corrected chi connectivity index (χ3v) is 2.60. The van der Waals surface area contributed by atoms with Gasteiger partial charge in [-0.25, -0.2) is 8.78 Å². The molecule has 0 bridgehead atoms. The number of aryl methyl sites for hydroxylation is 1. The number of hydrogen-bond donors (Lipinski definition) is 1. The summed E-state index contributed by atoms with van der Waals surface area (Å²) in [7, 11) is 1.63. The van der Waals surface area contributed by atoms with Crippen LogP contribution in [-0.2, 0) is 13.6 Å². The highest BCUT2D eigenvalue weighted by Crippen LogP contribution is 2.23. The van der Waals surface area contributed by atoms with Gasteiger partial charge in [0.25, 0.3) is 0 Å². The topological polar surface area (TPSA) is 55.6 Å². The van der Waals surface area contributed by atoms with Crippen molar-refractivity contribution in [2.75, 3.05) is 5.32 Å². The molecule has 0 radical (unpaired) electrons. The van der Waals surface area contributed by atoms with Gasteiger partial charge in [0.1, 0.15) is 11.6 Å². The number of halogens is 3. The zero-order valence-electron chi connectivity index (χ0n) is 8.78. The van der Waals surface area contributed by atoms with Crippen molar-refractivity contribution in [2.45, 2.75) is 6.54 Å². The lowest BCUT2D eigenvalue weighted by Crippen LogP contribution is -2.04. The van der Waals surface area contributed by atoms with Crippen molar-refractivity contribution in [3.8, 4) is 0 Å². The molecule has 17 heavy (non-hydrogen) atoms. The molecule has 0 spiro atoms. The van der Waals surface area contributed by atoms with Gasteiger partial charge in [0.15, 0.2) is 5.82 Å². The van der Waals surface area contributed by atoms with E-state index in [1.54, 1.807) is 7.05 Å². The summed E-state index contributed by atoms with van der Waals surface area (Å²) in [5.74, 6) is -0.896. The van der Waals surface area contributed by atoms with E-state index in [2.05, 4.69) is 36.7 Å². The van der Waals surface area contributed by atoms with E-state index < -0.39 is 11.6 Å². The maximum Gasteiger partial charge on any atom is 0.193 e. The fraction of sp³-hybridized carbons (Fsp3) is 0.222. The van der Waals surface area contributed by atoms with E-state index in [9.17, 15) is 8.78 Å². The van der Waals surface area contributed by atoms with Gasteiger partial charge in [-0.2, -0.15) is 4.80 Å². The molecule has 0 aliphatic rings. The minimum absolute atomic E-state index is 0.172. The Morgan fingerprint density at radius 1 is 1.35 bits per heavy atom. The molecule has 5 nitrogen and oxygen atoms in total. The molecule has 1 heterocycles. The summed E-state index contributed by atoms with van der Waals surface area (Å²) in [6.07, 6.45) is 0. The summed E-state index contributed by atoms with van der Waals surface area (Å²) in [5, 5.41) is 14.0. The van der Waals surface area contributed by atoms with Crippen LogP contribution in [0, 0.1) is 11.6 Å². The van der Waals surface area contributed by atoms with Crippen molar-refractivity contribution in [1.82, 2.24) is 20.2 Å². The number of rotatable bonds is 3. The molecule has 0 fully saturated rings. The first-order chi connectivity index (χ1) is 8.06. The van der Waals surface area contributed by atoms with Crippen LogP contribution in [0.3, 0.4) is 0 Å². The molecule has 0 aliphatic carbocycles. The van der Waals surface area contributed by atoms with Gasteiger partial charge in [-0.05, 0) is 27.2 Å². The van der Waals surface area contributed by atoms with Crippen LogP contribution < -0.4 is 5.32 Å². The summed E-state index contributed by atoms with van der Waals surface area (Å²) in [5.41, 5.74) is 0.172. The smallest absolute Gasteiger partial charge is 0.193 e. The number of benzene rings is 1. The van der Waals surface area contributed by atoms with Crippen LogP contribution in [0.5, 0.6) is 0 Å². The highest BCUT2D eigenvalue weighted by atomic mass is 79.9. The quantitative estimate of drug-likeness (QED) is 0.880. The molecule has 0 saturated carbocycles. The molecule has 1 aromatic carbocycles. The second-order valence-electron chi connectivity index (χ2n) is 3.29. The van der Waals surface area contributed by atoms with Gasteiger partial charge in [0.2, 0.25) is 0 Å². The van der Waals surface area contributed by atoms with E-state index in [0.29, 0.717) is 5.82 Å². The first-order valence-electron chi connectivity index (χ1n) is 4.67. The minimum Gasteiger partial charge on any atom is -0.375 e. The van der Waals surface area contributed by atoms with Gasteiger partial charge in [-0.1, -0.05) is 0 Å². The molecular weight excluding hydrogens is 296 g/mol. The molecule has 1 N–H and O–H groups in total. The average molecular weight is 304 g/mol. The van der Waals surface area contributed by atoms with Gasteiger partial charge < -0.3 is 5.32 Å². The Morgan fingerprint density at radius 2 is 2.12 bits per heavy atom. The molecule has 0 amide bonds. The Kier molecular flexibility index (Phi) is 3.32. The molecule has 0 aliphatic heterocycles. The SMILES string of the molecule is Cn1nnc(CNc2cc(Br)c(F)cc2F)n1. The van der Waals surface area contributed by atoms with Gasteiger partial charge in [-0.15, -0.1) is 10.2 Å². The Labute approximate surface area is 104 Å². The maximum absolute atomic E-state index is 13.4. The summed E-state index contributed by atoms with van der Waals surface area (Å²) in [6, 6.07) is 2.12. The van der Waals surface area contributed by atoms with Crippen LogP contribution in [0.4, 0.5) is 14.5 Å². The van der Waals surface area contributed by atoms with E-state index in [4.69, 9.17) is 0 Å². The van der Waals surface area contributed by atoms with Crippen LogP contribution in [0.15, 0.2) is 16.6 Å². The van der Waals surface area contributed by atoms with Gasteiger partial charge in [0, 0.05) is 6.07 Å². The summed E-state index contributed by atoms with van der Waals surface area (Å²) in [6.45, 7) is 0.211. The third kappa shape index (κ3) is 2.76. The molecule has 90 valence electrons. The van der Waals surface area contributed by atoms with Crippen LogP contribution >= 0.6 is 15.9 Å². The zero-order chi connectivity index (χ0) is 12.4. The van der Waals surface area contributed by atoms with Crippen LogP contribution in [0.1, 0.15) is 5.82 Å². The van der Waals surface area contributed by atoms with Crippen molar-refractivity contribution in [1.29, 1.82) is 0 Å². The van der Waals surface area contributed by atoms with Crippen molar-refractivity contribution in [2.24, 2.45) is 7.05 Å². The third-order valence-electron chi connectivity index (χ3n) is 2.00. The molecule has 2 rings (SSSR count). The van der Waals surface area contributed by atoms with Gasteiger partial charge in [0.05, 0.1) is 23.8 Å². The van der Waals surface area contributed by atoms with Crippen LogP contribution in [0.2, 0.25) is 0 Å². The molecule has 2 aromatic rings. The summed E-state index contributed by atoms with van der Waals surface area (Å²) >= 11 is 2.98.